The SMILES string of the molecule is COc1ccc(-c2oc3cc(C)c(Cl)cc3c(=O)c2OCc2cccc3ccccc23)cc1OC. The van der Waals surface area contributed by atoms with Gasteiger partial charge in [0.25, 0.3) is 0 Å². The smallest absolute Gasteiger partial charge is 0.235 e. The Morgan fingerprint density at radius 3 is 2.43 bits per heavy atom. The zero-order valence-electron chi connectivity index (χ0n) is 19.6. The molecule has 176 valence electrons. The van der Waals surface area contributed by atoms with Crippen LogP contribution in [0.1, 0.15) is 11.1 Å². The van der Waals surface area contributed by atoms with Gasteiger partial charge in [-0.2, -0.15) is 0 Å². The van der Waals surface area contributed by atoms with Crippen molar-refractivity contribution in [1.82, 2.24) is 0 Å². The van der Waals surface area contributed by atoms with Crippen LogP contribution >= 0.6 is 11.6 Å². The number of rotatable bonds is 6. The molecule has 0 aliphatic carbocycles. The largest absolute Gasteiger partial charge is 0.493 e. The van der Waals surface area contributed by atoms with E-state index in [1.165, 1.54) is 0 Å². The van der Waals surface area contributed by atoms with Crippen LogP contribution in [0.5, 0.6) is 17.2 Å². The number of benzene rings is 4. The summed E-state index contributed by atoms with van der Waals surface area (Å²) >= 11 is 6.33. The van der Waals surface area contributed by atoms with Crippen molar-refractivity contribution in [3.63, 3.8) is 0 Å². The maximum atomic E-state index is 13.6. The summed E-state index contributed by atoms with van der Waals surface area (Å²) in [5.74, 6) is 1.50. The van der Waals surface area contributed by atoms with Crippen molar-refractivity contribution in [1.29, 1.82) is 0 Å². The van der Waals surface area contributed by atoms with Gasteiger partial charge in [0.2, 0.25) is 11.2 Å². The van der Waals surface area contributed by atoms with E-state index in [0.717, 1.165) is 21.9 Å². The minimum absolute atomic E-state index is 0.109. The van der Waals surface area contributed by atoms with Crippen molar-refractivity contribution in [2.24, 2.45) is 0 Å². The first kappa shape index (κ1) is 22.8. The average Bonchev–Trinajstić information content (AvgIpc) is 2.88. The van der Waals surface area contributed by atoms with Crippen molar-refractivity contribution in [3.8, 4) is 28.6 Å². The zero-order chi connectivity index (χ0) is 24.5. The Kier molecular flexibility index (Phi) is 6.10. The molecule has 5 aromatic rings. The van der Waals surface area contributed by atoms with Gasteiger partial charge < -0.3 is 18.6 Å². The number of fused-ring (bicyclic) bond motifs is 2. The lowest BCUT2D eigenvalue weighted by Gasteiger charge is -2.15. The summed E-state index contributed by atoms with van der Waals surface area (Å²) < 4.78 is 23.3. The molecule has 0 bridgehead atoms. The highest BCUT2D eigenvalue weighted by atomic mass is 35.5. The Morgan fingerprint density at radius 2 is 1.63 bits per heavy atom. The molecule has 5 nitrogen and oxygen atoms in total. The van der Waals surface area contributed by atoms with E-state index in [1.807, 2.05) is 49.4 Å². The maximum Gasteiger partial charge on any atom is 0.235 e. The van der Waals surface area contributed by atoms with Crippen LogP contribution in [0.25, 0.3) is 33.1 Å². The van der Waals surface area contributed by atoms with E-state index in [1.54, 1.807) is 44.6 Å². The molecule has 0 saturated heterocycles. The van der Waals surface area contributed by atoms with Crippen LogP contribution in [0.4, 0.5) is 0 Å². The van der Waals surface area contributed by atoms with E-state index in [-0.39, 0.29) is 17.8 Å². The number of aryl methyl sites for hydroxylation is 1. The second-order valence-electron chi connectivity index (χ2n) is 8.18. The summed E-state index contributed by atoms with van der Waals surface area (Å²) in [6.45, 7) is 2.06. The molecule has 0 N–H and O–H groups in total. The summed E-state index contributed by atoms with van der Waals surface area (Å²) in [7, 11) is 3.13. The van der Waals surface area contributed by atoms with Crippen molar-refractivity contribution in [2.75, 3.05) is 14.2 Å². The standard InChI is InChI=1S/C29H23ClO5/c1-17-13-25-22(15-23(17)30)27(31)29(28(35-25)19-11-12-24(32-2)26(14-19)33-3)34-16-20-9-6-8-18-7-4-5-10-21(18)20/h4-15H,16H2,1-3H3. The highest BCUT2D eigenvalue weighted by Gasteiger charge is 2.20. The van der Waals surface area contributed by atoms with Crippen LogP contribution in [0.2, 0.25) is 5.02 Å². The first-order chi connectivity index (χ1) is 17.0. The summed E-state index contributed by atoms with van der Waals surface area (Å²) in [4.78, 5) is 13.6. The highest BCUT2D eigenvalue weighted by molar-refractivity contribution is 6.32. The minimum atomic E-state index is -0.293. The third-order valence-electron chi connectivity index (χ3n) is 6.03. The van der Waals surface area contributed by atoms with Gasteiger partial charge in [-0.3, -0.25) is 4.79 Å². The number of ether oxygens (including phenoxy) is 3. The fraction of sp³-hybridized carbons (Fsp3) is 0.138. The third kappa shape index (κ3) is 4.19. The van der Waals surface area contributed by atoms with E-state index >= 15 is 0 Å². The highest BCUT2D eigenvalue weighted by Crippen LogP contribution is 2.38. The van der Waals surface area contributed by atoms with Crippen LogP contribution in [-0.4, -0.2) is 14.2 Å². The molecule has 1 aromatic heterocycles. The van der Waals surface area contributed by atoms with Gasteiger partial charge >= 0.3 is 0 Å². The van der Waals surface area contributed by atoms with Crippen LogP contribution in [-0.2, 0) is 6.61 Å². The summed E-state index contributed by atoms with van der Waals surface area (Å²) in [6, 6.07) is 22.8. The average molecular weight is 487 g/mol. The number of halogens is 1. The zero-order valence-corrected chi connectivity index (χ0v) is 20.3. The van der Waals surface area contributed by atoms with E-state index in [0.29, 0.717) is 38.8 Å². The Bertz CT molecular complexity index is 1610. The van der Waals surface area contributed by atoms with Gasteiger partial charge in [0.05, 0.1) is 19.6 Å². The molecular weight excluding hydrogens is 464 g/mol. The molecule has 1 heterocycles. The monoisotopic (exact) mass is 486 g/mol. The molecule has 5 rings (SSSR count). The van der Waals surface area contributed by atoms with Gasteiger partial charge in [0.15, 0.2) is 17.3 Å². The quantitative estimate of drug-likeness (QED) is 0.254. The molecule has 0 aliphatic rings. The van der Waals surface area contributed by atoms with E-state index in [4.69, 9.17) is 30.2 Å². The lowest BCUT2D eigenvalue weighted by molar-refractivity contribution is 0.299. The molecule has 0 unspecified atom stereocenters. The molecule has 0 radical (unpaired) electrons. The Labute approximate surface area is 207 Å². The molecule has 35 heavy (non-hydrogen) atoms. The lowest BCUT2D eigenvalue weighted by atomic mass is 10.1. The first-order valence-corrected chi connectivity index (χ1v) is 11.5. The third-order valence-corrected chi connectivity index (χ3v) is 6.43. The van der Waals surface area contributed by atoms with Crippen LogP contribution in [0.3, 0.4) is 0 Å². The Hall–Kier alpha value is -3.96. The van der Waals surface area contributed by atoms with Gasteiger partial charge in [0.1, 0.15) is 12.2 Å². The van der Waals surface area contributed by atoms with Crippen molar-refractivity contribution in [3.05, 3.63) is 99.2 Å². The molecule has 0 spiro atoms. The van der Waals surface area contributed by atoms with Crippen LogP contribution < -0.4 is 19.6 Å². The predicted molar refractivity (Wildman–Crippen MR) is 139 cm³/mol. The first-order valence-electron chi connectivity index (χ1n) is 11.1. The van der Waals surface area contributed by atoms with Gasteiger partial charge in [-0.25, -0.2) is 0 Å². The van der Waals surface area contributed by atoms with E-state index in [2.05, 4.69) is 0 Å². The van der Waals surface area contributed by atoms with Crippen molar-refractivity contribution < 1.29 is 18.6 Å². The molecular formula is C29H23ClO5. The van der Waals surface area contributed by atoms with E-state index in [9.17, 15) is 4.79 Å². The second kappa shape index (κ2) is 9.35. The number of methoxy groups -OCH3 is 2. The van der Waals surface area contributed by atoms with Crippen LogP contribution in [0.15, 0.2) is 82.0 Å². The Balaban J connectivity index is 1.68. The van der Waals surface area contributed by atoms with Crippen molar-refractivity contribution in [2.45, 2.75) is 13.5 Å². The molecule has 0 saturated carbocycles. The Morgan fingerprint density at radius 1 is 0.857 bits per heavy atom. The fourth-order valence-electron chi connectivity index (χ4n) is 4.17. The van der Waals surface area contributed by atoms with Gasteiger partial charge in [-0.1, -0.05) is 54.1 Å². The fourth-order valence-corrected chi connectivity index (χ4v) is 4.33. The summed E-state index contributed by atoms with van der Waals surface area (Å²) in [5, 5.41) is 3.01. The molecule has 6 heteroatoms. The normalized spacial score (nSPS) is 11.1. The molecule has 0 atom stereocenters. The molecule has 4 aromatic carbocycles. The lowest BCUT2D eigenvalue weighted by Crippen LogP contribution is -2.11. The second-order valence-corrected chi connectivity index (χ2v) is 8.59. The minimum Gasteiger partial charge on any atom is -0.493 e. The summed E-state index contributed by atoms with van der Waals surface area (Å²) in [6.07, 6.45) is 0. The van der Waals surface area contributed by atoms with Gasteiger partial charge in [-0.15, -0.1) is 0 Å². The molecule has 0 aliphatic heterocycles. The summed E-state index contributed by atoms with van der Waals surface area (Å²) in [5.41, 5.74) is 2.53. The van der Waals surface area contributed by atoms with Crippen molar-refractivity contribution >= 4 is 33.3 Å². The van der Waals surface area contributed by atoms with E-state index < -0.39 is 0 Å². The van der Waals surface area contributed by atoms with Crippen LogP contribution in [0, 0.1) is 6.92 Å². The van der Waals surface area contributed by atoms with Gasteiger partial charge in [-0.05, 0) is 59.2 Å². The van der Waals surface area contributed by atoms with Gasteiger partial charge in [0, 0.05) is 10.6 Å². The molecule has 0 fully saturated rings. The number of hydrogen-bond donors (Lipinski definition) is 0. The topological polar surface area (TPSA) is 57.9 Å². The number of hydrogen-bond acceptors (Lipinski definition) is 5. The maximum absolute atomic E-state index is 13.6. The molecule has 0 amide bonds. The predicted octanol–water partition coefficient (Wildman–Crippen LogP) is 7.17.